The number of nitrogens with one attached hydrogen (secondary N) is 1. The first kappa shape index (κ1) is 11.1. The summed E-state index contributed by atoms with van der Waals surface area (Å²) in [6.45, 7) is 0. The summed E-state index contributed by atoms with van der Waals surface area (Å²) in [6, 6.07) is 10.5. The summed E-state index contributed by atoms with van der Waals surface area (Å²) in [6.07, 6.45) is 1.65. The molecule has 2 nitrogen and oxygen atoms in total. The van der Waals surface area contributed by atoms with E-state index < -0.39 is 0 Å². The SMILES string of the molecule is N=C(c1ccccn1)c1ccc(Cl)cc1Cl. The summed E-state index contributed by atoms with van der Waals surface area (Å²) in [4.78, 5) is 4.10. The highest BCUT2D eigenvalue weighted by atomic mass is 35.5. The largest absolute Gasteiger partial charge is 0.298 e. The highest BCUT2D eigenvalue weighted by Crippen LogP contribution is 2.22. The van der Waals surface area contributed by atoms with Crippen LogP contribution in [0.25, 0.3) is 0 Å². The van der Waals surface area contributed by atoms with Crippen molar-refractivity contribution in [2.45, 2.75) is 0 Å². The Labute approximate surface area is 103 Å². The summed E-state index contributed by atoms with van der Waals surface area (Å²) in [7, 11) is 0. The van der Waals surface area contributed by atoms with E-state index in [0.29, 0.717) is 27.0 Å². The maximum Gasteiger partial charge on any atom is 0.0885 e. The van der Waals surface area contributed by atoms with Gasteiger partial charge in [-0.15, -0.1) is 0 Å². The van der Waals surface area contributed by atoms with Crippen molar-refractivity contribution in [3.05, 3.63) is 63.9 Å². The van der Waals surface area contributed by atoms with E-state index in [1.165, 1.54) is 0 Å². The van der Waals surface area contributed by atoms with Gasteiger partial charge in [-0.3, -0.25) is 10.4 Å². The number of pyridine rings is 1. The summed E-state index contributed by atoms with van der Waals surface area (Å²) in [5.41, 5.74) is 1.51. The topological polar surface area (TPSA) is 36.7 Å². The van der Waals surface area contributed by atoms with Gasteiger partial charge in [-0.2, -0.15) is 0 Å². The van der Waals surface area contributed by atoms with Gasteiger partial charge in [0.1, 0.15) is 0 Å². The van der Waals surface area contributed by atoms with Crippen molar-refractivity contribution >= 4 is 28.9 Å². The molecule has 1 heterocycles. The minimum Gasteiger partial charge on any atom is -0.298 e. The molecule has 0 radical (unpaired) electrons. The number of rotatable bonds is 2. The van der Waals surface area contributed by atoms with Crippen LogP contribution in [-0.4, -0.2) is 10.7 Å². The van der Waals surface area contributed by atoms with Gasteiger partial charge < -0.3 is 0 Å². The molecule has 2 rings (SSSR count). The predicted octanol–water partition coefficient (Wildman–Crippen LogP) is 3.80. The van der Waals surface area contributed by atoms with E-state index in [-0.39, 0.29) is 0 Å². The average molecular weight is 251 g/mol. The number of benzene rings is 1. The Morgan fingerprint density at radius 3 is 2.56 bits per heavy atom. The Morgan fingerprint density at radius 1 is 1.12 bits per heavy atom. The molecule has 2 aromatic rings. The maximum absolute atomic E-state index is 7.99. The van der Waals surface area contributed by atoms with Crippen LogP contribution in [0.4, 0.5) is 0 Å². The predicted molar refractivity (Wildman–Crippen MR) is 66.6 cm³/mol. The smallest absolute Gasteiger partial charge is 0.0885 e. The van der Waals surface area contributed by atoms with Gasteiger partial charge in [0.25, 0.3) is 0 Å². The van der Waals surface area contributed by atoms with E-state index >= 15 is 0 Å². The molecule has 0 bridgehead atoms. The quantitative estimate of drug-likeness (QED) is 0.809. The molecule has 1 aromatic carbocycles. The molecule has 0 aliphatic rings. The van der Waals surface area contributed by atoms with Gasteiger partial charge in [-0.05, 0) is 30.3 Å². The van der Waals surface area contributed by atoms with Crippen molar-refractivity contribution in [1.82, 2.24) is 4.98 Å². The van der Waals surface area contributed by atoms with Crippen LogP contribution in [-0.2, 0) is 0 Å². The molecule has 0 unspecified atom stereocenters. The monoisotopic (exact) mass is 250 g/mol. The van der Waals surface area contributed by atoms with E-state index in [1.54, 1.807) is 36.5 Å². The van der Waals surface area contributed by atoms with Crippen molar-refractivity contribution < 1.29 is 0 Å². The lowest BCUT2D eigenvalue weighted by atomic mass is 10.1. The Bertz CT molecular complexity index is 524. The Kier molecular flexibility index (Phi) is 3.22. The van der Waals surface area contributed by atoms with E-state index in [2.05, 4.69) is 4.98 Å². The van der Waals surface area contributed by atoms with Gasteiger partial charge in [-0.1, -0.05) is 29.3 Å². The first-order valence-electron chi connectivity index (χ1n) is 4.64. The zero-order chi connectivity index (χ0) is 11.5. The normalized spacial score (nSPS) is 10.1. The Hall–Kier alpha value is -1.38. The fourth-order valence-electron chi connectivity index (χ4n) is 1.34. The molecule has 0 saturated carbocycles. The molecule has 1 N–H and O–H groups in total. The van der Waals surface area contributed by atoms with Crippen LogP contribution < -0.4 is 0 Å². The van der Waals surface area contributed by atoms with Crippen LogP contribution in [0.1, 0.15) is 11.3 Å². The first-order chi connectivity index (χ1) is 7.68. The zero-order valence-corrected chi connectivity index (χ0v) is 9.76. The Balaban J connectivity index is 2.42. The first-order valence-corrected chi connectivity index (χ1v) is 5.39. The third-order valence-electron chi connectivity index (χ3n) is 2.12. The molecule has 0 spiro atoms. The van der Waals surface area contributed by atoms with Gasteiger partial charge in [-0.25, -0.2) is 0 Å². The number of hydrogen-bond acceptors (Lipinski definition) is 2. The molecule has 16 heavy (non-hydrogen) atoms. The van der Waals surface area contributed by atoms with Gasteiger partial charge in [0.05, 0.1) is 16.4 Å². The van der Waals surface area contributed by atoms with E-state index in [0.717, 1.165) is 0 Å². The number of nitrogens with zero attached hydrogens (tertiary/aromatic N) is 1. The summed E-state index contributed by atoms with van der Waals surface area (Å²) in [5.74, 6) is 0. The van der Waals surface area contributed by atoms with Crippen LogP contribution in [0, 0.1) is 5.41 Å². The molecular weight excluding hydrogens is 243 g/mol. The third kappa shape index (κ3) is 2.23. The van der Waals surface area contributed by atoms with Crippen molar-refractivity contribution in [2.75, 3.05) is 0 Å². The minimum atomic E-state index is 0.294. The molecular formula is C12H8Cl2N2. The number of aromatic nitrogens is 1. The molecule has 0 aliphatic carbocycles. The van der Waals surface area contributed by atoms with Gasteiger partial charge in [0.15, 0.2) is 0 Å². The lowest BCUT2D eigenvalue weighted by Gasteiger charge is -2.05. The molecule has 4 heteroatoms. The van der Waals surface area contributed by atoms with Crippen LogP contribution >= 0.6 is 23.2 Å². The van der Waals surface area contributed by atoms with E-state index in [1.807, 2.05) is 6.07 Å². The fraction of sp³-hybridized carbons (Fsp3) is 0. The summed E-state index contributed by atoms with van der Waals surface area (Å²) < 4.78 is 0. The Morgan fingerprint density at radius 2 is 1.94 bits per heavy atom. The molecule has 0 atom stereocenters. The molecule has 0 saturated heterocycles. The van der Waals surface area contributed by atoms with Crippen molar-refractivity contribution in [2.24, 2.45) is 0 Å². The lowest BCUT2D eigenvalue weighted by Crippen LogP contribution is -2.04. The highest BCUT2D eigenvalue weighted by molar-refractivity contribution is 6.37. The van der Waals surface area contributed by atoms with Crippen molar-refractivity contribution in [3.8, 4) is 0 Å². The van der Waals surface area contributed by atoms with Crippen molar-refractivity contribution in [3.63, 3.8) is 0 Å². The van der Waals surface area contributed by atoms with Crippen LogP contribution in [0.3, 0.4) is 0 Å². The second-order valence-corrected chi connectivity index (χ2v) is 4.06. The van der Waals surface area contributed by atoms with Crippen LogP contribution in [0.5, 0.6) is 0 Å². The standard InChI is InChI=1S/C12H8Cl2N2/c13-8-4-5-9(10(14)7-8)12(15)11-3-1-2-6-16-11/h1-7,15H. The average Bonchev–Trinajstić information content (AvgIpc) is 2.29. The van der Waals surface area contributed by atoms with Gasteiger partial charge >= 0.3 is 0 Å². The van der Waals surface area contributed by atoms with Crippen LogP contribution in [0.15, 0.2) is 42.6 Å². The molecule has 0 amide bonds. The zero-order valence-electron chi connectivity index (χ0n) is 8.24. The molecule has 0 aliphatic heterocycles. The van der Waals surface area contributed by atoms with E-state index in [9.17, 15) is 0 Å². The minimum absolute atomic E-state index is 0.294. The van der Waals surface area contributed by atoms with Crippen molar-refractivity contribution in [1.29, 1.82) is 5.41 Å². The molecule has 80 valence electrons. The molecule has 0 fully saturated rings. The van der Waals surface area contributed by atoms with Crippen LogP contribution in [0.2, 0.25) is 10.0 Å². The second kappa shape index (κ2) is 4.64. The van der Waals surface area contributed by atoms with Gasteiger partial charge in [0.2, 0.25) is 0 Å². The third-order valence-corrected chi connectivity index (χ3v) is 2.67. The maximum atomic E-state index is 7.99. The summed E-state index contributed by atoms with van der Waals surface area (Å²) >= 11 is 11.8. The lowest BCUT2D eigenvalue weighted by molar-refractivity contribution is 1.27. The number of halogens is 2. The fourth-order valence-corrected chi connectivity index (χ4v) is 1.84. The van der Waals surface area contributed by atoms with Gasteiger partial charge in [0, 0.05) is 16.8 Å². The number of hydrogen-bond donors (Lipinski definition) is 1. The second-order valence-electron chi connectivity index (χ2n) is 3.21. The molecule has 1 aromatic heterocycles. The van der Waals surface area contributed by atoms with E-state index in [4.69, 9.17) is 28.6 Å². The summed E-state index contributed by atoms with van der Waals surface area (Å²) in [5, 5.41) is 9.01. The highest BCUT2D eigenvalue weighted by Gasteiger charge is 2.09.